The maximum absolute atomic E-state index is 7.70. The summed E-state index contributed by atoms with van der Waals surface area (Å²) in [5.41, 5.74) is -3.42. The van der Waals surface area contributed by atoms with Gasteiger partial charge in [0.1, 0.15) is 0 Å². The van der Waals surface area contributed by atoms with E-state index in [9.17, 15) is 0 Å². The summed E-state index contributed by atoms with van der Waals surface area (Å²) in [6.07, 6.45) is -1.43. The van der Waals surface area contributed by atoms with E-state index in [-0.39, 0.29) is 9.15 Å². The largest absolute Gasteiger partial charge is 0.266 e. The van der Waals surface area contributed by atoms with Crippen molar-refractivity contribution >= 4 is 15.9 Å². The molecular weight excluding hydrogens is 192 g/mol. The van der Waals surface area contributed by atoms with Crippen LogP contribution in [0.5, 0.6) is 0 Å². The molecule has 0 saturated heterocycles. The van der Waals surface area contributed by atoms with Gasteiger partial charge in [0, 0.05) is 18.5 Å². The first-order valence-corrected chi connectivity index (χ1v) is 3.10. The molecule has 2 nitrogen and oxygen atoms in total. The fraction of sp³-hybridized carbons (Fsp3) is 0.571. The topological polar surface area (TPSA) is 17.8 Å². The van der Waals surface area contributed by atoms with Crippen molar-refractivity contribution in [2.45, 2.75) is 26.1 Å². The average molecular weight is 214 g/mol. The Morgan fingerprint density at radius 2 is 2.50 bits per heavy atom. The van der Waals surface area contributed by atoms with Crippen LogP contribution in [-0.4, -0.2) is 9.78 Å². The van der Waals surface area contributed by atoms with Crippen molar-refractivity contribution in [3.8, 4) is 0 Å². The number of hydrogen-bond acceptors (Lipinski definition) is 1. The standard InChI is InChI=1S/C7H11BrN2/c1-7(2,3)10-5-6(8)4-9-10/h4-5H,1-3H3/i1D3,2D3,3D3,4D,5D. The fourth-order valence-electron chi connectivity index (χ4n) is 0.396. The van der Waals surface area contributed by atoms with Crippen LogP contribution in [-0.2, 0) is 5.54 Å². The van der Waals surface area contributed by atoms with Gasteiger partial charge in [0.2, 0.25) is 0 Å². The van der Waals surface area contributed by atoms with Gasteiger partial charge in [0.25, 0.3) is 0 Å². The molecule has 0 radical (unpaired) electrons. The van der Waals surface area contributed by atoms with Crippen LogP contribution in [0.1, 0.15) is 35.6 Å². The SMILES string of the molecule is [2H]c1nn(C(C([2H])([2H])[2H])(C([2H])([2H])[2H])C([2H])([2H])[2H])c([2H])c1Br. The summed E-state index contributed by atoms with van der Waals surface area (Å²) >= 11 is 2.78. The molecule has 0 bridgehead atoms. The van der Waals surface area contributed by atoms with Crippen LogP contribution in [0.25, 0.3) is 0 Å². The third-order valence-corrected chi connectivity index (χ3v) is 1.12. The smallest absolute Gasteiger partial charge is 0.0872 e. The molecule has 56 valence electrons. The lowest BCUT2D eigenvalue weighted by Gasteiger charge is -2.18. The normalized spacial score (nSPS) is 31.9. The summed E-state index contributed by atoms with van der Waals surface area (Å²) < 4.78 is 82.0. The predicted molar refractivity (Wildman–Crippen MR) is 44.9 cm³/mol. The molecule has 0 atom stereocenters. The van der Waals surface area contributed by atoms with E-state index in [4.69, 9.17) is 15.1 Å². The molecule has 1 aromatic rings. The van der Waals surface area contributed by atoms with Gasteiger partial charge in [-0.1, -0.05) is 0 Å². The summed E-state index contributed by atoms with van der Waals surface area (Å²) in [4.78, 5) is 0. The molecule has 0 saturated carbocycles. The van der Waals surface area contributed by atoms with E-state index in [2.05, 4.69) is 21.0 Å². The molecule has 0 aromatic carbocycles. The van der Waals surface area contributed by atoms with Gasteiger partial charge in [-0.15, -0.1) is 0 Å². The minimum absolute atomic E-state index is 0.0897. The van der Waals surface area contributed by atoms with Crippen molar-refractivity contribution in [3.05, 3.63) is 16.8 Å². The van der Waals surface area contributed by atoms with E-state index in [0.717, 1.165) is 0 Å². The second-order valence-corrected chi connectivity index (χ2v) is 2.45. The van der Waals surface area contributed by atoms with Gasteiger partial charge >= 0.3 is 0 Å². The van der Waals surface area contributed by atoms with Crippen molar-refractivity contribution in [1.82, 2.24) is 9.78 Å². The van der Waals surface area contributed by atoms with Gasteiger partial charge in [-0.2, -0.15) is 5.10 Å². The van der Waals surface area contributed by atoms with Crippen molar-refractivity contribution in [2.75, 3.05) is 0 Å². The second kappa shape index (κ2) is 2.38. The van der Waals surface area contributed by atoms with E-state index in [1.807, 2.05) is 0 Å². The molecule has 0 aliphatic carbocycles. The first-order valence-electron chi connectivity index (χ1n) is 7.81. The summed E-state index contributed by atoms with van der Waals surface area (Å²) in [7, 11) is 0. The fourth-order valence-corrected chi connectivity index (χ4v) is 0.643. The van der Waals surface area contributed by atoms with E-state index >= 15 is 0 Å². The van der Waals surface area contributed by atoms with Crippen molar-refractivity contribution in [1.29, 1.82) is 0 Å². The molecule has 0 amide bonds. The monoisotopic (exact) mass is 213 g/mol. The minimum atomic E-state index is -3.52. The highest BCUT2D eigenvalue weighted by atomic mass is 79.9. The van der Waals surface area contributed by atoms with Crippen molar-refractivity contribution in [3.63, 3.8) is 0 Å². The molecule has 1 rings (SSSR count). The number of aromatic nitrogens is 2. The zero-order valence-corrected chi connectivity index (χ0v) is 6.36. The molecule has 10 heavy (non-hydrogen) atoms. The lowest BCUT2D eigenvalue weighted by molar-refractivity contribution is 0.355. The Balaban J connectivity index is 3.96. The number of hydrogen-bond donors (Lipinski definition) is 0. The predicted octanol–water partition coefficient (Wildman–Crippen LogP) is 2.40. The summed E-state index contributed by atoms with van der Waals surface area (Å²) in [6.45, 7) is -10.6. The molecule has 0 aliphatic heterocycles. The van der Waals surface area contributed by atoms with E-state index in [1.54, 1.807) is 0 Å². The van der Waals surface area contributed by atoms with Crippen LogP contribution in [0.2, 0.25) is 0 Å². The first-order chi connectivity index (χ1) is 9.09. The van der Waals surface area contributed by atoms with Gasteiger partial charge in [-0.3, -0.25) is 4.68 Å². The third kappa shape index (κ3) is 1.59. The summed E-state index contributed by atoms with van der Waals surface area (Å²) in [5, 5.41) is 3.35. The van der Waals surface area contributed by atoms with Crippen LogP contribution in [0.15, 0.2) is 16.8 Å². The van der Waals surface area contributed by atoms with Gasteiger partial charge < -0.3 is 0 Å². The maximum atomic E-state index is 7.70. The zero-order valence-electron chi connectivity index (χ0n) is 15.8. The lowest BCUT2D eigenvalue weighted by Crippen LogP contribution is -2.21. The second-order valence-electron chi connectivity index (χ2n) is 1.66. The van der Waals surface area contributed by atoms with Crippen molar-refractivity contribution in [2.24, 2.45) is 0 Å². The average Bonchev–Trinajstić information content (AvgIpc) is 2.40. The summed E-state index contributed by atoms with van der Waals surface area (Å²) in [6, 6.07) is 0. The molecule has 0 fully saturated rings. The highest BCUT2D eigenvalue weighted by Gasteiger charge is 2.12. The molecule has 1 heterocycles. The highest BCUT2D eigenvalue weighted by Crippen LogP contribution is 2.15. The highest BCUT2D eigenvalue weighted by molar-refractivity contribution is 9.10. The Bertz CT molecular complexity index is 500. The minimum Gasteiger partial charge on any atom is -0.266 e. The van der Waals surface area contributed by atoms with Crippen molar-refractivity contribution < 1.29 is 15.1 Å². The number of halogens is 1. The van der Waals surface area contributed by atoms with E-state index < -0.39 is 38.4 Å². The first kappa shape index (κ1) is 1.71. The van der Waals surface area contributed by atoms with Crippen LogP contribution in [0, 0.1) is 0 Å². The Morgan fingerprint density at radius 3 is 2.90 bits per heavy atom. The Kier molecular flexibility index (Phi) is 0.407. The molecule has 0 N–H and O–H groups in total. The Labute approximate surface area is 84.8 Å². The van der Waals surface area contributed by atoms with Gasteiger partial charge in [-0.25, -0.2) is 0 Å². The van der Waals surface area contributed by atoms with Crippen LogP contribution in [0.3, 0.4) is 0 Å². The third-order valence-electron chi connectivity index (χ3n) is 0.770. The molecular formula is C7H11BrN2. The molecule has 0 unspecified atom stereocenters. The van der Waals surface area contributed by atoms with Crippen LogP contribution in [0.4, 0.5) is 0 Å². The van der Waals surface area contributed by atoms with Crippen LogP contribution >= 0.6 is 15.9 Å². The van der Waals surface area contributed by atoms with E-state index in [0.29, 0.717) is 0 Å². The number of rotatable bonds is 0. The number of nitrogens with zero attached hydrogens (tertiary/aromatic N) is 2. The Hall–Kier alpha value is -0.310. The summed E-state index contributed by atoms with van der Waals surface area (Å²) in [5.74, 6) is 0. The zero-order chi connectivity index (χ0) is 17.0. The van der Waals surface area contributed by atoms with E-state index in [1.165, 1.54) is 0 Å². The van der Waals surface area contributed by atoms with Gasteiger partial charge in [-0.05, 0) is 36.5 Å². The maximum Gasteiger partial charge on any atom is 0.0872 e. The van der Waals surface area contributed by atoms with Gasteiger partial charge in [0.05, 0.1) is 18.9 Å². The van der Waals surface area contributed by atoms with Gasteiger partial charge in [0.15, 0.2) is 0 Å². The lowest BCUT2D eigenvalue weighted by atomic mass is 10.1. The quantitative estimate of drug-likeness (QED) is 0.648. The molecule has 1 aromatic heterocycles. The van der Waals surface area contributed by atoms with Crippen LogP contribution < -0.4 is 0 Å². The molecule has 0 aliphatic rings. The Morgan fingerprint density at radius 1 is 1.80 bits per heavy atom. The molecule has 0 spiro atoms. The molecule has 3 heteroatoms.